The van der Waals surface area contributed by atoms with Crippen LogP contribution in [0.2, 0.25) is 0 Å². The molecule has 0 aliphatic heterocycles. The number of aromatic carboxylic acids is 1. The number of aromatic nitrogens is 6. The molecule has 0 radical (unpaired) electrons. The number of fused-ring (bicyclic) bond motifs is 2. The Morgan fingerprint density at radius 2 is 1.20 bits per heavy atom. The molecule has 0 aromatic carbocycles. The zero-order chi connectivity index (χ0) is 30.3. The Morgan fingerprint density at radius 3 is 1.61 bits per heavy atom. The van der Waals surface area contributed by atoms with Gasteiger partial charge in [0.25, 0.3) is 0 Å². The van der Waals surface area contributed by atoms with Crippen molar-refractivity contribution in [2.75, 3.05) is 17.7 Å². The predicted molar refractivity (Wildman–Crippen MR) is 170 cm³/mol. The molecule has 44 heavy (non-hydrogen) atoms. The van der Waals surface area contributed by atoms with E-state index in [4.69, 9.17) is 5.11 Å². The lowest BCUT2D eigenvalue weighted by Gasteiger charge is -2.14. The average Bonchev–Trinajstić information content (AvgIpc) is 3.70. The summed E-state index contributed by atoms with van der Waals surface area (Å²) in [6, 6.07) is 14.8. The second kappa shape index (κ2) is 14.1. The molecule has 12 nitrogen and oxygen atoms in total. The van der Waals surface area contributed by atoms with Crippen LogP contribution in [-0.2, 0) is 4.74 Å². The number of esters is 1. The number of rotatable bonds is 8. The maximum absolute atomic E-state index is 11.4. The normalized spacial score (nSPS) is 11.9. The van der Waals surface area contributed by atoms with Gasteiger partial charge in [-0.15, -0.1) is 12.4 Å². The monoisotopic (exact) mass is 614 g/mol. The molecule has 6 rings (SSSR count). The van der Waals surface area contributed by atoms with E-state index < -0.39 is 11.9 Å². The summed E-state index contributed by atoms with van der Waals surface area (Å²) in [7, 11) is 1.35. The van der Waals surface area contributed by atoms with E-state index in [2.05, 4.69) is 57.4 Å². The lowest BCUT2D eigenvalue weighted by atomic mass is 10.1. The SMILES string of the molecule is COC(=O)c1ccc(N[C@@H](C)c2cnc3[nH]ccc3c2)nc1.C[C@H](Nc1ccc(C(=O)O)cn1)c1cnc2[nH]ccc2c1.Cl. The van der Waals surface area contributed by atoms with Crippen LogP contribution in [0.1, 0.15) is 57.8 Å². The van der Waals surface area contributed by atoms with E-state index in [0.717, 1.165) is 33.2 Å². The number of carboxylic acid groups (broad SMARTS) is 1. The van der Waals surface area contributed by atoms with Crippen molar-refractivity contribution in [1.82, 2.24) is 29.9 Å². The van der Waals surface area contributed by atoms with Crippen molar-refractivity contribution >= 4 is 58.0 Å². The Kier molecular flexibility index (Phi) is 10.1. The number of methoxy groups -OCH3 is 1. The van der Waals surface area contributed by atoms with Gasteiger partial charge in [0.05, 0.1) is 30.3 Å². The number of aromatic amines is 2. The molecule has 0 bridgehead atoms. The molecular weight excluding hydrogens is 584 g/mol. The highest BCUT2D eigenvalue weighted by Gasteiger charge is 2.11. The lowest BCUT2D eigenvalue weighted by Crippen LogP contribution is -2.09. The van der Waals surface area contributed by atoms with Gasteiger partial charge < -0.3 is 30.4 Å². The van der Waals surface area contributed by atoms with Gasteiger partial charge >= 0.3 is 11.9 Å². The number of hydrogen-bond donors (Lipinski definition) is 5. The molecule has 0 unspecified atom stereocenters. The van der Waals surface area contributed by atoms with Crippen LogP contribution >= 0.6 is 12.4 Å². The minimum Gasteiger partial charge on any atom is -0.478 e. The first-order valence-electron chi connectivity index (χ1n) is 13.4. The smallest absolute Gasteiger partial charge is 0.339 e. The van der Waals surface area contributed by atoms with Crippen LogP contribution in [0.3, 0.4) is 0 Å². The molecular formula is C31H31ClN8O4. The third-order valence-corrected chi connectivity index (χ3v) is 6.77. The van der Waals surface area contributed by atoms with Crippen LogP contribution in [0.5, 0.6) is 0 Å². The van der Waals surface area contributed by atoms with E-state index in [9.17, 15) is 9.59 Å². The number of carboxylic acids is 1. The molecule has 0 spiro atoms. The van der Waals surface area contributed by atoms with Gasteiger partial charge in [0.15, 0.2) is 0 Å². The molecule has 226 valence electrons. The number of nitrogens with one attached hydrogen (secondary N) is 4. The summed E-state index contributed by atoms with van der Waals surface area (Å²) < 4.78 is 4.65. The van der Waals surface area contributed by atoms with Gasteiger partial charge in [0.2, 0.25) is 0 Å². The number of pyridine rings is 4. The van der Waals surface area contributed by atoms with Crippen molar-refractivity contribution in [3.63, 3.8) is 0 Å². The molecule has 0 saturated heterocycles. The average molecular weight is 615 g/mol. The Bertz CT molecular complexity index is 1850. The third kappa shape index (κ3) is 7.47. The van der Waals surface area contributed by atoms with Gasteiger partial charge in [-0.3, -0.25) is 0 Å². The van der Waals surface area contributed by atoms with E-state index in [0.29, 0.717) is 17.2 Å². The summed E-state index contributed by atoms with van der Waals surface area (Å²) in [5.41, 5.74) is 4.42. The summed E-state index contributed by atoms with van der Waals surface area (Å²) in [5.74, 6) is -0.0607. The van der Waals surface area contributed by atoms with E-state index >= 15 is 0 Å². The Balaban J connectivity index is 0.000000197. The van der Waals surface area contributed by atoms with Crippen LogP contribution in [0, 0.1) is 0 Å². The molecule has 6 heterocycles. The van der Waals surface area contributed by atoms with Gasteiger partial charge in [0, 0.05) is 48.0 Å². The first kappa shape index (κ1) is 31.4. The molecule has 6 aromatic heterocycles. The summed E-state index contributed by atoms with van der Waals surface area (Å²) in [6.45, 7) is 4.04. The second-order valence-corrected chi connectivity index (χ2v) is 9.76. The fourth-order valence-corrected chi connectivity index (χ4v) is 4.32. The van der Waals surface area contributed by atoms with Gasteiger partial charge in [-0.05, 0) is 73.5 Å². The standard InChI is InChI=1S/C16H16N4O2.C15H14N4O2.ClH/c1-10(13-7-11-5-6-17-15(11)19-9-13)20-14-4-3-12(8-18-14)16(21)22-2;1-9(12-6-10-4-5-16-14(10)18-8-12)19-13-3-2-11(7-17-13)15(20)21;/h3-10H,1-2H3,(H,17,19)(H,18,20);2-9H,1H3,(H,16,18)(H,17,19)(H,20,21);1H/t10-;9-;/m00./s1. The minimum atomic E-state index is -0.982. The van der Waals surface area contributed by atoms with Gasteiger partial charge in [-0.1, -0.05) is 0 Å². The first-order valence-corrected chi connectivity index (χ1v) is 13.4. The quantitative estimate of drug-likeness (QED) is 0.125. The molecule has 0 fully saturated rings. The van der Waals surface area contributed by atoms with Crippen LogP contribution in [0.4, 0.5) is 11.6 Å². The van der Waals surface area contributed by atoms with Crippen LogP contribution in [0.25, 0.3) is 22.1 Å². The lowest BCUT2D eigenvalue weighted by molar-refractivity contribution is 0.0599. The van der Waals surface area contributed by atoms with Crippen molar-refractivity contribution in [2.24, 2.45) is 0 Å². The summed E-state index contributed by atoms with van der Waals surface area (Å²) in [5, 5.41) is 17.5. The highest BCUT2D eigenvalue weighted by atomic mass is 35.5. The minimum absolute atomic E-state index is 0. The molecule has 0 aliphatic carbocycles. The second-order valence-electron chi connectivity index (χ2n) is 9.76. The number of carbonyl (C=O) groups excluding carboxylic acids is 1. The maximum atomic E-state index is 11.4. The van der Waals surface area contributed by atoms with Crippen LogP contribution < -0.4 is 10.6 Å². The third-order valence-electron chi connectivity index (χ3n) is 6.77. The maximum Gasteiger partial charge on any atom is 0.339 e. The molecule has 0 aliphatic rings. The largest absolute Gasteiger partial charge is 0.478 e. The molecule has 13 heteroatoms. The number of anilines is 2. The molecule has 0 saturated carbocycles. The fourth-order valence-electron chi connectivity index (χ4n) is 4.32. The number of carbonyl (C=O) groups is 2. The van der Waals surface area contributed by atoms with Crippen molar-refractivity contribution in [1.29, 1.82) is 0 Å². The summed E-state index contributed by atoms with van der Waals surface area (Å²) >= 11 is 0. The molecule has 5 N–H and O–H groups in total. The van der Waals surface area contributed by atoms with Crippen molar-refractivity contribution < 1.29 is 19.4 Å². The van der Waals surface area contributed by atoms with Crippen LogP contribution in [-0.4, -0.2) is 54.1 Å². The van der Waals surface area contributed by atoms with Crippen molar-refractivity contribution in [3.05, 3.63) is 108 Å². The zero-order valence-electron chi connectivity index (χ0n) is 24.1. The van der Waals surface area contributed by atoms with Gasteiger partial charge in [-0.2, -0.15) is 0 Å². The van der Waals surface area contributed by atoms with Gasteiger partial charge in [0.1, 0.15) is 22.9 Å². The Morgan fingerprint density at radius 1 is 0.727 bits per heavy atom. The number of halogens is 1. The topological polar surface area (TPSA) is 171 Å². The highest BCUT2D eigenvalue weighted by molar-refractivity contribution is 5.89. The van der Waals surface area contributed by atoms with Crippen molar-refractivity contribution in [2.45, 2.75) is 25.9 Å². The molecule has 0 amide bonds. The Labute approximate surface area is 258 Å². The number of H-pyrrole nitrogens is 2. The number of ether oxygens (including phenoxy) is 1. The highest BCUT2D eigenvalue weighted by Crippen LogP contribution is 2.22. The summed E-state index contributed by atoms with van der Waals surface area (Å²) in [4.78, 5) is 45.3. The number of hydrogen-bond acceptors (Lipinski definition) is 9. The van der Waals surface area contributed by atoms with E-state index in [1.807, 2.05) is 50.8 Å². The molecule has 6 aromatic rings. The zero-order valence-corrected chi connectivity index (χ0v) is 24.9. The van der Waals surface area contributed by atoms with E-state index in [1.165, 1.54) is 25.6 Å². The Hall–Kier alpha value is -5.49. The number of nitrogens with zero attached hydrogens (tertiary/aromatic N) is 4. The van der Waals surface area contributed by atoms with Crippen LogP contribution in [0.15, 0.2) is 85.7 Å². The van der Waals surface area contributed by atoms with E-state index in [-0.39, 0.29) is 30.1 Å². The summed E-state index contributed by atoms with van der Waals surface area (Å²) in [6.07, 6.45) is 10.2. The first-order chi connectivity index (χ1) is 20.8. The van der Waals surface area contributed by atoms with Crippen molar-refractivity contribution in [3.8, 4) is 0 Å². The molecule has 2 atom stereocenters. The van der Waals surface area contributed by atoms with E-state index in [1.54, 1.807) is 18.2 Å². The van der Waals surface area contributed by atoms with Gasteiger partial charge in [-0.25, -0.2) is 29.5 Å². The fraction of sp³-hybridized carbons (Fsp3) is 0.161. The predicted octanol–water partition coefficient (Wildman–Crippen LogP) is 6.17.